The Bertz CT molecular complexity index is 471. The third-order valence-corrected chi connectivity index (χ3v) is 3.25. The standard InChI is InChI=1S/C8H15NO2.C4H7NO.C2H6O4S/c1-7(2)8(10)11-6-5-9(3)4;6-4-2-1-3-5-4;1-5-7(3,4)6-2/h1,5-6H2,2-4H3;1-3H2,(H,5,6);1-2H3. The Balaban J connectivity index is 0. The number of carbonyl (C=O) groups is 2. The number of ether oxygens (including phenoxy) is 1. The summed E-state index contributed by atoms with van der Waals surface area (Å²) in [6.07, 6.45) is 1.76. The van der Waals surface area contributed by atoms with E-state index in [1.54, 1.807) is 6.92 Å². The first kappa shape index (κ1) is 24.8. The zero-order chi connectivity index (χ0) is 19.2. The molecule has 1 rings (SSSR count). The summed E-state index contributed by atoms with van der Waals surface area (Å²) in [6, 6.07) is 0. The summed E-state index contributed by atoms with van der Waals surface area (Å²) < 4.78 is 32.4. The van der Waals surface area contributed by atoms with E-state index in [4.69, 9.17) is 4.74 Å². The first-order chi connectivity index (χ1) is 11.1. The van der Waals surface area contributed by atoms with Gasteiger partial charge in [0, 0.05) is 25.1 Å². The van der Waals surface area contributed by atoms with Crippen LogP contribution in [0.1, 0.15) is 19.8 Å². The highest BCUT2D eigenvalue weighted by Gasteiger charge is 2.05. The van der Waals surface area contributed by atoms with Crippen molar-refractivity contribution in [2.45, 2.75) is 19.8 Å². The molecule has 0 aromatic carbocycles. The lowest BCUT2D eigenvalue weighted by Gasteiger charge is -2.09. The van der Waals surface area contributed by atoms with Crippen molar-refractivity contribution in [1.29, 1.82) is 0 Å². The summed E-state index contributed by atoms with van der Waals surface area (Å²) in [4.78, 5) is 22.9. The molecule has 1 aliphatic rings. The van der Waals surface area contributed by atoms with E-state index in [-0.39, 0.29) is 11.9 Å². The first-order valence-electron chi connectivity index (χ1n) is 7.16. The molecule has 1 amide bonds. The lowest BCUT2D eigenvalue weighted by molar-refractivity contribution is -0.139. The van der Waals surface area contributed by atoms with Crippen molar-refractivity contribution in [3.05, 3.63) is 12.2 Å². The van der Waals surface area contributed by atoms with E-state index >= 15 is 0 Å². The van der Waals surface area contributed by atoms with E-state index in [0.29, 0.717) is 12.2 Å². The van der Waals surface area contributed by atoms with Crippen LogP contribution in [0.5, 0.6) is 0 Å². The third kappa shape index (κ3) is 16.9. The van der Waals surface area contributed by atoms with Gasteiger partial charge in [-0.05, 0) is 27.4 Å². The molecule has 0 spiro atoms. The van der Waals surface area contributed by atoms with Crippen LogP contribution < -0.4 is 5.32 Å². The van der Waals surface area contributed by atoms with Gasteiger partial charge in [0.2, 0.25) is 5.91 Å². The molecule has 0 bridgehead atoms. The van der Waals surface area contributed by atoms with Crippen molar-refractivity contribution in [3.63, 3.8) is 0 Å². The van der Waals surface area contributed by atoms with Gasteiger partial charge in [0.25, 0.3) is 0 Å². The van der Waals surface area contributed by atoms with Gasteiger partial charge in [0.15, 0.2) is 0 Å². The number of hydrogen-bond acceptors (Lipinski definition) is 8. The number of nitrogens with one attached hydrogen (secondary N) is 1. The fourth-order valence-electron chi connectivity index (χ4n) is 1.08. The van der Waals surface area contributed by atoms with Gasteiger partial charge in [-0.2, -0.15) is 8.42 Å². The van der Waals surface area contributed by atoms with Crippen LogP contribution in [-0.4, -0.2) is 73.2 Å². The molecule has 1 saturated heterocycles. The van der Waals surface area contributed by atoms with Gasteiger partial charge in [-0.3, -0.25) is 13.2 Å². The second-order valence-electron chi connectivity index (χ2n) is 4.91. The number of amides is 1. The topological polar surface area (TPSA) is 111 Å². The normalized spacial score (nSPS) is 13.2. The van der Waals surface area contributed by atoms with Crippen LogP contribution in [0.3, 0.4) is 0 Å². The van der Waals surface area contributed by atoms with E-state index < -0.39 is 10.4 Å². The maximum atomic E-state index is 10.8. The minimum absolute atomic E-state index is 0.204. The van der Waals surface area contributed by atoms with Gasteiger partial charge >= 0.3 is 16.4 Å². The maximum Gasteiger partial charge on any atom is 0.399 e. The zero-order valence-electron chi connectivity index (χ0n) is 15.0. The molecular formula is C14H28N2O7S. The Morgan fingerprint density at radius 3 is 2.04 bits per heavy atom. The van der Waals surface area contributed by atoms with Crippen LogP contribution in [0.15, 0.2) is 12.2 Å². The van der Waals surface area contributed by atoms with E-state index in [1.807, 2.05) is 19.0 Å². The number of carbonyl (C=O) groups excluding carboxylic acids is 2. The van der Waals surface area contributed by atoms with Gasteiger partial charge in [-0.25, -0.2) is 4.79 Å². The van der Waals surface area contributed by atoms with Gasteiger partial charge in [-0.15, -0.1) is 0 Å². The second kappa shape index (κ2) is 13.9. The van der Waals surface area contributed by atoms with Crippen molar-refractivity contribution in [1.82, 2.24) is 10.2 Å². The minimum Gasteiger partial charge on any atom is -0.461 e. The van der Waals surface area contributed by atoms with Crippen molar-refractivity contribution in [2.24, 2.45) is 0 Å². The Labute approximate surface area is 144 Å². The predicted octanol–water partition coefficient (Wildman–Crippen LogP) is 0.0877. The highest BCUT2D eigenvalue weighted by molar-refractivity contribution is 7.81. The van der Waals surface area contributed by atoms with Gasteiger partial charge in [-0.1, -0.05) is 6.58 Å². The smallest absolute Gasteiger partial charge is 0.399 e. The molecule has 1 heterocycles. The molecule has 24 heavy (non-hydrogen) atoms. The summed E-state index contributed by atoms with van der Waals surface area (Å²) in [7, 11) is 2.25. The van der Waals surface area contributed by atoms with Gasteiger partial charge in [0.1, 0.15) is 6.61 Å². The number of hydrogen-bond donors (Lipinski definition) is 1. The molecule has 1 N–H and O–H groups in total. The average Bonchev–Trinajstić information content (AvgIpc) is 2.99. The molecule has 0 aliphatic carbocycles. The summed E-state index contributed by atoms with van der Waals surface area (Å²) in [6.45, 7) is 7.17. The monoisotopic (exact) mass is 368 g/mol. The quantitative estimate of drug-likeness (QED) is 0.519. The molecule has 0 radical (unpaired) electrons. The molecule has 9 nitrogen and oxygen atoms in total. The summed E-state index contributed by atoms with van der Waals surface area (Å²) in [5.74, 6) is -0.109. The number of esters is 1. The van der Waals surface area contributed by atoms with Crippen molar-refractivity contribution >= 4 is 22.3 Å². The average molecular weight is 368 g/mol. The third-order valence-electron chi connectivity index (χ3n) is 2.43. The fourth-order valence-corrected chi connectivity index (χ4v) is 1.21. The van der Waals surface area contributed by atoms with Crippen LogP contribution in [-0.2, 0) is 33.1 Å². The molecular weight excluding hydrogens is 340 g/mol. The van der Waals surface area contributed by atoms with E-state index in [1.165, 1.54) is 0 Å². The van der Waals surface area contributed by atoms with Gasteiger partial charge in [0.05, 0.1) is 14.2 Å². The van der Waals surface area contributed by atoms with Crippen LogP contribution in [0, 0.1) is 0 Å². The second-order valence-corrected chi connectivity index (χ2v) is 6.40. The van der Waals surface area contributed by atoms with Crippen LogP contribution in [0.4, 0.5) is 0 Å². The fraction of sp³-hybridized carbons (Fsp3) is 0.714. The summed E-state index contributed by atoms with van der Waals surface area (Å²) in [5.41, 5.74) is 0.448. The highest BCUT2D eigenvalue weighted by Crippen LogP contribution is 1.93. The minimum atomic E-state index is -3.66. The Kier molecular flexibility index (Phi) is 14.3. The Hall–Kier alpha value is -1.49. The zero-order valence-corrected chi connectivity index (χ0v) is 15.8. The molecule has 0 aromatic heterocycles. The lowest BCUT2D eigenvalue weighted by Crippen LogP contribution is -2.20. The predicted molar refractivity (Wildman–Crippen MR) is 89.5 cm³/mol. The molecule has 10 heteroatoms. The highest BCUT2D eigenvalue weighted by atomic mass is 32.3. The van der Waals surface area contributed by atoms with Crippen molar-refractivity contribution < 1.29 is 31.1 Å². The molecule has 0 atom stereocenters. The van der Waals surface area contributed by atoms with E-state index in [9.17, 15) is 18.0 Å². The van der Waals surface area contributed by atoms with Crippen molar-refractivity contribution in [3.8, 4) is 0 Å². The first-order valence-corrected chi connectivity index (χ1v) is 8.49. The molecule has 142 valence electrons. The molecule has 1 fully saturated rings. The molecule has 1 aliphatic heterocycles. The van der Waals surface area contributed by atoms with Crippen molar-refractivity contribution in [2.75, 3.05) is 48.0 Å². The maximum absolute atomic E-state index is 10.8. The van der Waals surface area contributed by atoms with E-state index in [0.717, 1.165) is 40.2 Å². The largest absolute Gasteiger partial charge is 0.461 e. The van der Waals surface area contributed by atoms with E-state index in [2.05, 4.69) is 20.3 Å². The molecule has 0 unspecified atom stereocenters. The SMILES string of the molecule is C=C(C)C(=O)OCCN(C)C.COS(=O)(=O)OC.O=C1CCCN1. The molecule has 0 aromatic rings. The van der Waals surface area contributed by atoms with Crippen LogP contribution in [0.25, 0.3) is 0 Å². The van der Waals surface area contributed by atoms with Gasteiger partial charge < -0.3 is 15.0 Å². The summed E-state index contributed by atoms with van der Waals surface area (Å²) in [5, 5.41) is 2.68. The number of likely N-dealkylation sites (N-methyl/N-ethyl adjacent to an activating group) is 1. The number of nitrogens with zero attached hydrogens (tertiary/aromatic N) is 1. The lowest BCUT2D eigenvalue weighted by atomic mass is 10.4. The Morgan fingerprint density at radius 2 is 1.83 bits per heavy atom. The molecule has 0 saturated carbocycles. The van der Waals surface area contributed by atoms with Crippen LogP contribution >= 0.6 is 0 Å². The van der Waals surface area contributed by atoms with Crippen LogP contribution in [0.2, 0.25) is 0 Å². The number of rotatable bonds is 6. The Morgan fingerprint density at radius 1 is 1.29 bits per heavy atom. The summed E-state index contributed by atoms with van der Waals surface area (Å²) >= 11 is 0.